The second kappa shape index (κ2) is 8.19. The van der Waals surface area contributed by atoms with Crippen LogP contribution in [-0.2, 0) is 16.0 Å². The number of benzene rings is 2. The molecule has 120 valence electrons. The van der Waals surface area contributed by atoms with E-state index in [2.05, 4.69) is 22.6 Å². The number of hydrogen-bond acceptors (Lipinski definition) is 3. The van der Waals surface area contributed by atoms with Crippen molar-refractivity contribution in [1.29, 1.82) is 0 Å². The number of hydrogen-bond donors (Lipinski definition) is 0. The summed E-state index contributed by atoms with van der Waals surface area (Å²) in [6.07, 6.45) is 0.819. The van der Waals surface area contributed by atoms with Crippen molar-refractivity contribution in [3.63, 3.8) is 0 Å². The molecule has 0 amide bonds. The summed E-state index contributed by atoms with van der Waals surface area (Å²) in [5, 5.41) is 0. The molecule has 0 aliphatic carbocycles. The van der Waals surface area contributed by atoms with E-state index in [-0.39, 0.29) is 11.6 Å². The van der Waals surface area contributed by atoms with Crippen molar-refractivity contribution in [3.05, 3.63) is 69.0 Å². The van der Waals surface area contributed by atoms with Crippen LogP contribution in [-0.4, -0.2) is 18.9 Å². The summed E-state index contributed by atoms with van der Waals surface area (Å²) in [5.74, 6) is -1.97. The van der Waals surface area contributed by atoms with Crippen molar-refractivity contribution in [2.75, 3.05) is 7.11 Å². The van der Waals surface area contributed by atoms with Crippen molar-refractivity contribution in [3.8, 4) is 0 Å². The molecule has 0 aliphatic rings. The molecule has 0 saturated heterocycles. The lowest BCUT2D eigenvalue weighted by Gasteiger charge is -2.14. The normalized spacial score (nSPS) is 11.8. The largest absolute Gasteiger partial charge is 0.468 e. The zero-order valence-electron chi connectivity index (χ0n) is 12.6. The van der Waals surface area contributed by atoms with Crippen molar-refractivity contribution >= 4 is 34.3 Å². The molecule has 0 bridgehead atoms. The Hall–Kier alpha value is -1.76. The highest BCUT2D eigenvalue weighted by atomic mass is 127. The number of carbonyl (C=O) groups excluding carboxylic acids is 2. The van der Waals surface area contributed by atoms with Gasteiger partial charge in [0, 0.05) is 9.13 Å². The summed E-state index contributed by atoms with van der Waals surface area (Å²) >= 11 is 2.15. The average molecular weight is 426 g/mol. The van der Waals surface area contributed by atoms with Gasteiger partial charge in [-0.25, -0.2) is 4.39 Å². The fourth-order valence-electron chi connectivity index (χ4n) is 2.28. The van der Waals surface area contributed by atoms with Crippen LogP contribution in [0.1, 0.15) is 22.3 Å². The molecular weight excluding hydrogens is 410 g/mol. The lowest BCUT2D eigenvalue weighted by Crippen LogP contribution is -2.26. The number of carbonyl (C=O) groups is 2. The molecular formula is C18H16FIO3. The molecule has 0 N–H and O–H groups in total. The molecule has 0 aliphatic heterocycles. The van der Waals surface area contributed by atoms with Gasteiger partial charge in [0.2, 0.25) is 0 Å². The molecule has 0 fully saturated rings. The van der Waals surface area contributed by atoms with E-state index < -0.39 is 11.9 Å². The number of aryl methyl sites for hydroxylation is 1. The predicted molar refractivity (Wildman–Crippen MR) is 93.7 cm³/mol. The first-order valence-electron chi connectivity index (χ1n) is 7.13. The summed E-state index contributed by atoms with van der Waals surface area (Å²) in [7, 11) is 1.27. The topological polar surface area (TPSA) is 43.4 Å². The molecule has 3 nitrogen and oxygen atoms in total. The summed E-state index contributed by atoms with van der Waals surface area (Å²) in [4.78, 5) is 24.5. The highest BCUT2D eigenvalue weighted by Gasteiger charge is 2.28. The van der Waals surface area contributed by atoms with Gasteiger partial charge in [-0.1, -0.05) is 24.3 Å². The van der Waals surface area contributed by atoms with Crippen LogP contribution in [0, 0.1) is 15.3 Å². The van der Waals surface area contributed by atoms with Crippen molar-refractivity contribution in [2.45, 2.75) is 12.8 Å². The van der Waals surface area contributed by atoms with Gasteiger partial charge in [-0.05, 0) is 65.3 Å². The zero-order valence-corrected chi connectivity index (χ0v) is 14.7. The molecule has 1 atom stereocenters. The van der Waals surface area contributed by atoms with Crippen LogP contribution in [0.25, 0.3) is 0 Å². The number of methoxy groups -OCH3 is 1. The highest BCUT2D eigenvalue weighted by molar-refractivity contribution is 14.1. The van der Waals surface area contributed by atoms with Crippen LogP contribution >= 0.6 is 22.6 Å². The molecule has 0 radical (unpaired) electrons. The van der Waals surface area contributed by atoms with Gasteiger partial charge in [-0.2, -0.15) is 0 Å². The van der Waals surface area contributed by atoms with E-state index in [1.807, 2.05) is 12.1 Å². The standard InChI is InChI=1S/C18H16FIO3/c1-23-18(22)16(11-4-12-2-7-14(19)8-3-12)17(21)13-5-9-15(20)10-6-13/h2-3,5-10,16H,4,11H2,1H3. The molecule has 1 unspecified atom stereocenters. The second-order valence-corrected chi connectivity index (χ2v) is 6.36. The minimum Gasteiger partial charge on any atom is -0.468 e. The monoisotopic (exact) mass is 426 g/mol. The molecule has 0 saturated carbocycles. The van der Waals surface area contributed by atoms with Gasteiger partial charge >= 0.3 is 5.97 Å². The molecule has 2 rings (SSSR count). The number of esters is 1. The van der Waals surface area contributed by atoms with E-state index in [1.165, 1.54) is 19.2 Å². The molecule has 2 aromatic carbocycles. The van der Waals surface area contributed by atoms with Crippen molar-refractivity contribution in [2.24, 2.45) is 5.92 Å². The first kappa shape index (κ1) is 17.6. The van der Waals surface area contributed by atoms with Gasteiger partial charge < -0.3 is 4.74 Å². The van der Waals surface area contributed by atoms with Crippen molar-refractivity contribution in [1.82, 2.24) is 0 Å². The van der Waals surface area contributed by atoms with Gasteiger partial charge in [-0.15, -0.1) is 0 Å². The molecule has 23 heavy (non-hydrogen) atoms. The third-order valence-corrected chi connectivity index (χ3v) is 4.29. The maximum absolute atomic E-state index is 12.9. The maximum Gasteiger partial charge on any atom is 0.316 e. The van der Waals surface area contributed by atoms with Gasteiger partial charge in [0.05, 0.1) is 7.11 Å². The maximum atomic E-state index is 12.9. The van der Waals surface area contributed by atoms with Gasteiger partial charge in [0.15, 0.2) is 5.78 Å². The van der Waals surface area contributed by atoms with E-state index in [1.54, 1.807) is 24.3 Å². The molecule has 0 spiro atoms. The number of rotatable bonds is 6. The Morgan fingerprint density at radius 2 is 1.70 bits per heavy atom. The van der Waals surface area contributed by atoms with Crippen LogP contribution in [0.2, 0.25) is 0 Å². The number of ketones is 1. The summed E-state index contributed by atoms with van der Waals surface area (Å²) in [5.41, 5.74) is 1.36. The molecule has 2 aromatic rings. The third kappa shape index (κ3) is 4.86. The second-order valence-electron chi connectivity index (χ2n) is 5.11. The van der Waals surface area contributed by atoms with Crippen LogP contribution in [0.3, 0.4) is 0 Å². The Morgan fingerprint density at radius 1 is 1.09 bits per heavy atom. The Balaban J connectivity index is 2.13. The summed E-state index contributed by atoms with van der Waals surface area (Å²) < 4.78 is 18.7. The fraction of sp³-hybridized carbons (Fsp3) is 0.222. The Kier molecular flexibility index (Phi) is 6.27. The number of halogens is 2. The Bertz CT molecular complexity index is 680. The quantitative estimate of drug-likeness (QED) is 0.303. The van der Waals surface area contributed by atoms with E-state index in [9.17, 15) is 14.0 Å². The highest BCUT2D eigenvalue weighted by Crippen LogP contribution is 2.18. The van der Waals surface area contributed by atoms with Gasteiger partial charge in [0.25, 0.3) is 0 Å². The Morgan fingerprint density at radius 3 is 2.26 bits per heavy atom. The third-order valence-electron chi connectivity index (χ3n) is 3.57. The molecule has 0 heterocycles. The zero-order chi connectivity index (χ0) is 16.8. The first-order chi connectivity index (χ1) is 11.0. The Labute approximate surface area is 148 Å². The predicted octanol–water partition coefficient (Wildman–Crippen LogP) is 4.04. The smallest absolute Gasteiger partial charge is 0.316 e. The minimum atomic E-state index is -0.856. The lowest BCUT2D eigenvalue weighted by molar-refractivity contribution is -0.143. The van der Waals surface area contributed by atoms with Crippen LogP contribution in [0.5, 0.6) is 0 Å². The van der Waals surface area contributed by atoms with E-state index >= 15 is 0 Å². The summed E-state index contributed by atoms with van der Waals surface area (Å²) in [6.45, 7) is 0. The van der Waals surface area contributed by atoms with Crippen LogP contribution < -0.4 is 0 Å². The number of ether oxygens (including phenoxy) is 1. The van der Waals surface area contributed by atoms with E-state index in [0.29, 0.717) is 18.4 Å². The van der Waals surface area contributed by atoms with Crippen LogP contribution in [0.4, 0.5) is 4.39 Å². The number of Topliss-reactive ketones (excluding diaryl/α,β-unsaturated/α-hetero) is 1. The van der Waals surface area contributed by atoms with Gasteiger partial charge in [0.1, 0.15) is 11.7 Å². The van der Waals surface area contributed by atoms with E-state index in [0.717, 1.165) is 9.13 Å². The first-order valence-corrected chi connectivity index (χ1v) is 8.21. The minimum absolute atomic E-state index is 0.254. The average Bonchev–Trinajstić information content (AvgIpc) is 2.56. The molecule has 0 aromatic heterocycles. The van der Waals surface area contributed by atoms with Crippen molar-refractivity contribution < 1.29 is 18.7 Å². The summed E-state index contributed by atoms with van der Waals surface area (Å²) in [6, 6.07) is 13.1. The SMILES string of the molecule is COC(=O)C(CCc1ccc(F)cc1)C(=O)c1ccc(I)cc1. The van der Waals surface area contributed by atoms with Crippen LogP contribution in [0.15, 0.2) is 48.5 Å². The fourth-order valence-corrected chi connectivity index (χ4v) is 2.64. The lowest BCUT2D eigenvalue weighted by atomic mass is 9.91. The van der Waals surface area contributed by atoms with Gasteiger partial charge in [-0.3, -0.25) is 9.59 Å². The molecule has 5 heteroatoms. The van der Waals surface area contributed by atoms with E-state index in [4.69, 9.17) is 4.74 Å².